The molecular formula is C12H17BrN2O2. The number of hydrogen-bond acceptors (Lipinski definition) is 3. The average molecular weight is 301 g/mol. The molecule has 4 nitrogen and oxygen atoms in total. The molecule has 0 bridgehead atoms. The number of pyridine rings is 1. The molecule has 0 aromatic carbocycles. The summed E-state index contributed by atoms with van der Waals surface area (Å²) in [6.07, 6.45) is 3.71. The lowest BCUT2D eigenvalue weighted by Gasteiger charge is -2.26. The first-order valence-electron chi connectivity index (χ1n) is 5.58. The van der Waals surface area contributed by atoms with Crippen molar-refractivity contribution in [3.8, 4) is 0 Å². The third-order valence-electron chi connectivity index (χ3n) is 2.65. The van der Waals surface area contributed by atoms with Crippen LogP contribution in [0.3, 0.4) is 0 Å². The third kappa shape index (κ3) is 4.83. The number of halogens is 1. The molecule has 94 valence electrons. The fourth-order valence-electron chi connectivity index (χ4n) is 1.74. The van der Waals surface area contributed by atoms with Crippen LogP contribution in [0, 0.1) is 0 Å². The zero-order valence-corrected chi connectivity index (χ0v) is 11.6. The quantitative estimate of drug-likeness (QED) is 0.877. The van der Waals surface area contributed by atoms with Crippen molar-refractivity contribution in [1.82, 2.24) is 9.88 Å². The Labute approximate surface area is 110 Å². The van der Waals surface area contributed by atoms with Crippen LogP contribution in [0.4, 0.5) is 0 Å². The van der Waals surface area contributed by atoms with E-state index in [0.29, 0.717) is 0 Å². The van der Waals surface area contributed by atoms with Gasteiger partial charge in [-0.05, 0) is 41.0 Å². The van der Waals surface area contributed by atoms with Crippen LogP contribution in [0.1, 0.15) is 25.8 Å². The van der Waals surface area contributed by atoms with Crippen molar-refractivity contribution in [2.24, 2.45) is 0 Å². The van der Waals surface area contributed by atoms with Crippen molar-refractivity contribution in [2.45, 2.75) is 32.9 Å². The van der Waals surface area contributed by atoms with Crippen molar-refractivity contribution in [1.29, 1.82) is 0 Å². The van der Waals surface area contributed by atoms with E-state index in [2.05, 4.69) is 25.8 Å². The fraction of sp³-hybridized carbons (Fsp3) is 0.500. The van der Waals surface area contributed by atoms with E-state index in [9.17, 15) is 4.79 Å². The van der Waals surface area contributed by atoms with Crippen molar-refractivity contribution < 1.29 is 9.90 Å². The lowest BCUT2D eigenvalue weighted by Crippen LogP contribution is -2.34. The molecule has 0 amide bonds. The summed E-state index contributed by atoms with van der Waals surface area (Å²) < 4.78 is 0.942. The predicted molar refractivity (Wildman–Crippen MR) is 69.7 cm³/mol. The van der Waals surface area contributed by atoms with E-state index in [1.54, 1.807) is 12.4 Å². The molecule has 1 unspecified atom stereocenters. The minimum atomic E-state index is -0.761. The Hall–Kier alpha value is -0.940. The number of aliphatic carboxylic acids is 1. The molecule has 0 aliphatic carbocycles. The second-order valence-electron chi connectivity index (χ2n) is 4.02. The predicted octanol–water partition coefficient (Wildman–Crippen LogP) is 2.53. The zero-order valence-electron chi connectivity index (χ0n) is 10.1. The molecule has 0 aliphatic rings. The van der Waals surface area contributed by atoms with Gasteiger partial charge in [0, 0.05) is 29.5 Å². The second-order valence-corrected chi connectivity index (χ2v) is 4.94. The highest BCUT2D eigenvalue weighted by Gasteiger charge is 2.15. The van der Waals surface area contributed by atoms with E-state index in [0.717, 1.165) is 23.1 Å². The molecule has 0 spiro atoms. The van der Waals surface area contributed by atoms with Gasteiger partial charge in [-0.3, -0.25) is 14.7 Å². The summed E-state index contributed by atoms with van der Waals surface area (Å²) in [5.74, 6) is -0.761. The Morgan fingerprint density at radius 3 is 2.82 bits per heavy atom. The molecule has 5 heteroatoms. The van der Waals surface area contributed by atoms with Gasteiger partial charge in [-0.2, -0.15) is 0 Å². The summed E-state index contributed by atoms with van der Waals surface area (Å²) in [4.78, 5) is 16.9. The summed E-state index contributed by atoms with van der Waals surface area (Å²) >= 11 is 3.38. The third-order valence-corrected chi connectivity index (χ3v) is 3.08. The Morgan fingerprint density at radius 2 is 2.29 bits per heavy atom. The zero-order chi connectivity index (χ0) is 12.8. The molecule has 1 heterocycles. The normalized spacial score (nSPS) is 12.7. The Bertz CT molecular complexity index is 385. The molecule has 0 saturated carbocycles. The highest BCUT2D eigenvalue weighted by molar-refractivity contribution is 9.10. The molecular weight excluding hydrogens is 284 g/mol. The number of hydrogen-bond donors (Lipinski definition) is 1. The van der Waals surface area contributed by atoms with Gasteiger partial charge in [-0.1, -0.05) is 6.92 Å². The lowest BCUT2D eigenvalue weighted by molar-refractivity contribution is -0.138. The van der Waals surface area contributed by atoms with Gasteiger partial charge >= 0.3 is 5.97 Å². The minimum absolute atomic E-state index is 0.0245. The molecule has 0 aliphatic heterocycles. The number of rotatable bonds is 6. The molecule has 1 rings (SSSR count). The number of nitrogens with zero attached hydrogens (tertiary/aromatic N) is 2. The lowest BCUT2D eigenvalue weighted by atomic mass is 10.1. The molecule has 0 fully saturated rings. The number of carboxylic acids is 1. The van der Waals surface area contributed by atoms with Crippen LogP contribution in [-0.2, 0) is 11.3 Å². The summed E-state index contributed by atoms with van der Waals surface area (Å²) in [7, 11) is 0. The van der Waals surface area contributed by atoms with Crippen LogP contribution in [0.15, 0.2) is 22.9 Å². The van der Waals surface area contributed by atoms with E-state index in [-0.39, 0.29) is 12.5 Å². The van der Waals surface area contributed by atoms with Crippen molar-refractivity contribution in [3.05, 3.63) is 28.5 Å². The molecule has 1 N–H and O–H groups in total. The fourth-order valence-corrected chi connectivity index (χ4v) is 2.15. The maximum absolute atomic E-state index is 10.7. The Balaban J connectivity index is 2.66. The van der Waals surface area contributed by atoms with Crippen LogP contribution in [0.25, 0.3) is 0 Å². The highest BCUT2D eigenvalue weighted by Crippen LogP contribution is 2.14. The smallest absolute Gasteiger partial charge is 0.304 e. The number of aromatic nitrogens is 1. The molecule has 17 heavy (non-hydrogen) atoms. The largest absolute Gasteiger partial charge is 0.481 e. The second kappa shape index (κ2) is 6.71. The van der Waals surface area contributed by atoms with Crippen LogP contribution in [-0.4, -0.2) is 33.5 Å². The van der Waals surface area contributed by atoms with Gasteiger partial charge in [-0.25, -0.2) is 0 Å². The number of carboxylic acid groups (broad SMARTS) is 1. The molecule has 1 atom stereocenters. The van der Waals surface area contributed by atoms with Gasteiger partial charge in [-0.15, -0.1) is 0 Å². The van der Waals surface area contributed by atoms with E-state index >= 15 is 0 Å². The van der Waals surface area contributed by atoms with Crippen LogP contribution >= 0.6 is 15.9 Å². The van der Waals surface area contributed by atoms with Crippen molar-refractivity contribution in [3.63, 3.8) is 0 Å². The first-order chi connectivity index (χ1) is 8.02. The number of carbonyl (C=O) groups is 1. The summed E-state index contributed by atoms with van der Waals surface area (Å²) in [6.45, 7) is 5.51. The van der Waals surface area contributed by atoms with Gasteiger partial charge in [0.1, 0.15) is 0 Å². The van der Waals surface area contributed by atoms with E-state index in [4.69, 9.17) is 5.11 Å². The van der Waals surface area contributed by atoms with E-state index in [1.165, 1.54) is 0 Å². The highest BCUT2D eigenvalue weighted by atomic mass is 79.9. The van der Waals surface area contributed by atoms with Gasteiger partial charge in [0.05, 0.1) is 6.42 Å². The Morgan fingerprint density at radius 1 is 1.59 bits per heavy atom. The van der Waals surface area contributed by atoms with Crippen LogP contribution in [0.5, 0.6) is 0 Å². The van der Waals surface area contributed by atoms with Crippen molar-refractivity contribution in [2.75, 3.05) is 6.54 Å². The van der Waals surface area contributed by atoms with Gasteiger partial charge < -0.3 is 5.11 Å². The van der Waals surface area contributed by atoms with Crippen LogP contribution in [0.2, 0.25) is 0 Å². The minimum Gasteiger partial charge on any atom is -0.481 e. The topological polar surface area (TPSA) is 53.4 Å². The van der Waals surface area contributed by atoms with Crippen molar-refractivity contribution >= 4 is 21.9 Å². The SMILES string of the molecule is CCN(Cc1cncc(Br)c1)C(C)CC(=O)O. The Kier molecular flexibility index (Phi) is 5.58. The first kappa shape index (κ1) is 14.1. The standard InChI is InChI=1S/C12H17BrN2O2/c1-3-15(9(2)4-12(16)17)8-10-5-11(13)7-14-6-10/h5-7,9H,3-4,8H2,1-2H3,(H,16,17). The van der Waals surface area contributed by atoms with Crippen LogP contribution < -0.4 is 0 Å². The van der Waals surface area contributed by atoms with E-state index in [1.807, 2.05) is 19.9 Å². The van der Waals surface area contributed by atoms with Gasteiger partial charge in [0.25, 0.3) is 0 Å². The summed E-state index contributed by atoms with van der Waals surface area (Å²) in [5.41, 5.74) is 1.08. The summed E-state index contributed by atoms with van der Waals surface area (Å²) in [5, 5.41) is 8.79. The monoisotopic (exact) mass is 300 g/mol. The maximum Gasteiger partial charge on any atom is 0.304 e. The molecule has 1 aromatic rings. The van der Waals surface area contributed by atoms with E-state index < -0.39 is 5.97 Å². The average Bonchev–Trinajstić information content (AvgIpc) is 2.24. The summed E-state index contributed by atoms with van der Waals surface area (Å²) in [6, 6.07) is 2.03. The maximum atomic E-state index is 10.7. The molecule has 0 saturated heterocycles. The van der Waals surface area contributed by atoms with Gasteiger partial charge in [0.15, 0.2) is 0 Å². The van der Waals surface area contributed by atoms with Gasteiger partial charge in [0.2, 0.25) is 0 Å². The molecule has 1 aromatic heterocycles. The first-order valence-corrected chi connectivity index (χ1v) is 6.37. The molecule has 0 radical (unpaired) electrons.